The molecule has 0 saturated heterocycles. The molecule has 4 aromatic carbocycles. The molecule has 5 aromatic rings. The Morgan fingerprint density at radius 3 is 2.36 bits per heavy atom. The molecule has 0 spiro atoms. The second-order valence-corrected chi connectivity index (χ2v) is 10.3. The molecule has 0 aliphatic rings. The molecule has 0 atom stereocenters. The van der Waals surface area contributed by atoms with Gasteiger partial charge in [0.15, 0.2) is 0 Å². The van der Waals surface area contributed by atoms with Crippen LogP contribution in [-0.2, 0) is 17.9 Å². The maximum absolute atomic E-state index is 14.8. The number of aromatic nitrogens is 2. The van der Waals surface area contributed by atoms with E-state index in [0.29, 0.717) is 51.6 Å². The molecule has 0 aliphatic heterocycles. The van der Waals surface area contributed by atoms with Crippen LogP contribution in [0.5, 0.6) is 5.75 Å². The standard InChI is InChI=1S/C34H27Cl2FN2O3/c1-3-39-20-32(29-15-12-27(35)19-30(29)36)38-33(39)17-11-26-18-25(10-16-31(26)37)23-8-13-28(14-9-23)42-21-22-4-6-24(7-5-22)34(40)41-2/h4-20H,3,21H2,1-2H3. The fourth-order valence-electron chi connectivity index (χ4n) is 4.42. The Labute approximate surface area is 253 Å². The molecule has 1 aromatic heterocycles. The van der Waals surface area contributed by atoms with Gasteiger partial charge in [0.1, 0.15) is 24.0 Å². The zero-order chi connectivity index (χ0) is 29.6. The van der Waals surface area contributed by atoms with E-state index in [0.717, 1.165) is 22.3 Å². The van der Waals surface area contributed by atoms with E-state index in [1.54, 1.807) is 48.6 Å². The minimum Gasteiger partial charge on any atom is -0.489 e. The monoisotopic (exact) mass is 600 g/mol. The second-order valence-electron chi connectivity index (χ2n) is 9.47. The molecule has 212 valence electrons. The van der Waals surface area contributed by atoms with Gasteiger partial charge in [-0.05, 0) is 90.4 Å². The lowest BCUT2D eigenvalue weighted by Crippen LogP contribution is -2.01. The maximum Gasteiger partial charge on any atom is 0.337 e. The van der Waals surface area contributed by atoms with Crippen LogP contribution in [0.1, 0.15) is 34.2 Å². The summed E-state index contributed by atoms with van der Waals surface area (Å²) < 4.78 is 27.4. The number of ether oxygens (including phenoxy) is 2. The van der Waals surface area contributed by atoms with Gasteiger partial charge in [-0.3, -0.25) is 0 Å². The van der Waals surface area contributed by atoms with Crippen molar-refractivity contribution in [1.82, 2.24) is 9.55 Å². The number of esters is 1. The summed E-state index contributed by atoms with van der Waals surface area (Å²) in [7, 11) is 1.35. The number of carbonyl (C=O) groups is 1. The number of carbonyl (C=O) groups excluding carboxylic acids is 1. The molecule has 0 bridgehead atoms. The van der Waals surface area contributed by atoms with Crippen LogP contribution in [0, 0.1) is 5.82 Å². The molecule has 0 amide bonds. The summed E-state index contributed by atoms with van der Waals surface area (Å²) in [5.41, 5.74) is 5.14. The summed E-state index contributed by atoms with van der Waals surface area (Å²) in [4.78, 5) is 16.3. The zero-order valence-corrected chi connectivity index (χ0v) is 24.5. The first-order valence-corrected chi connectivity index (χ1v) is 14.0. The molecule has 0 unspecified atom stereocenters. The van der Waals surface area contributed by atoms with Crippen LogP contribution in [0.2, 0.25) is 10.0 Å². The Hall–Kier alpha value is -4.39. The van der Waals surface area contributed by atoms with Gasteiger partial charge >= 0.3 is 5.97 Å². The van der Waals surface area contributed by atoms with E-state index in [1.165, 1.54) is 13.2 Å². The molecule has 1 heterocycles. The molecule has 8 heteroatoms. The number of aryl methyl sites for hydroxylation is 1. The van der Waals surface area contributed by atoms with E-state index in [-0.39, 0.29) is 11.8 Å². The molecule has 0 N–H and O–H groups in total. The van der Waals surface area contributed by atoms with Crippen molar-refractivity contribution in [1.29, 1.82) is 0 Å². The number of rotatable bonds is 9. The summed E-state index contributed by atoms with van der Waals surface area (Å²) in [6.07, 6.45) is 5.44. The van der Waals surface area contributed by atoms with Gasteiger partial charge in [-0.2, -0.15) is 0 Å². The summed E-state index contributed by atoms with van der Waals surface area (Å²) in [6.45, 7) is 3.06. The highest BCUT2D eigenvalue weighted by atomic mass is 35.5. The average Bonchev–Trinajstić information content (AvgIpc) is 3.42. The van der Waals surface area contributed by atoms with E-state index >= 15 is 0 Å². The fraction of sp³-hybridized carbons (Fsp3) is 0.118. The highest BCUT2D eigenvalue weighted by Crippen LogP contribution is 2.31. The van der Waals surface area contributed by atoms with Crippen molar-refractivity contribution in [2.75, 3.05) is 7.11 Å². The quantitative estimate of drug-likeness (QED) is 0.158. The van der Waals surface area contributed by atoms with Gasteiger partial charge in [0.25, 0.3) is 0 Å². The zero-order valence-electron chi connectivity index (χ0n) is 23.0. The topological polar surface area (TPSA) is 53.4 Å². The summed E-state index contributed by atoms with van der Waals surface area (Å²) in [6, 6.07) is 25.0. The van der Waals surface area contributed by atoms with Gasteiger partial charge in [0.2, 0.25) is 0 Å². The summed E-state index contributed by atoms with van der Waals surface area (Å²) in [5.74, 6) is 0.674. The van der Waals surface area contributed by atoms with E-state index < -0.39 is 0 Å². The van der Waals surface area contributed by atoms with Crippen molar-refractivity contribution in [3.63, 3.8) is 0 Å². The number of imidazole rings is 1. The van der Waals surface area contributed by atoms with Crippen LogP contribution in [-0.4, -0.2) is 22.6 Å². The minimum atomic E-state index is -0.376. The molecule has 5 nitrogen and oxygen atoms in total. The van der Waals surface area contributed by atoms with Crippen LogP contribution in [0.4, 0.5) is 4.39 Å². The highest BCUT2D eigenvalue weighted by molar-refractivity contribution is 6.36. The molecule has 0 aliphatic carbocycles. The van der Waals surface area contributed by atoms with Gasteiger partial charge in [0, 0.05) is 28.9 Å². The van der Waals surface area contributed by atoms with E-state index in [4.69, 9.17) is 37.7 Å². The van der Waals surface area contributed by atoms with Gasteiger partial charge in [0.05, 0.1) is 23.4 Å². The molecule has 0 fully saturated rings. The third-order valence-electron chi connectivity index (χ3n) is 6.73. The van der Waals surface area contributed by atoms with Crippen molar-refractivity contribution in [3.8, 4) is 28.1 Å². The van der Waals surface area contributed by atoms with Gasteiger partial charge < -0.3 is 14.0 Å². The molecular formula is C34H27Cl2FN2O3. The number of methoxy groups -OCH3 is 1. The predicted molar refractivity (Wildman–Crippen MR) is 166 cm³/mol. The number of hydrogen-bond donors (Lipinski definition) is 0. The Bertz CT molecular complexity index is 1750. The lowest BCUT2D eigenvalue weighted by Gasteiger charge is -2.09. The lowest BCUT2D eigenvalue weighted by atomic mass is 10.0. The average molecular weight is 602 g/mol. The first kappa shape index (κ1) is 29.1. The van der Waals surface area contributed by atoms with E-state index in [9.17, 15) is 9.18 Å². The van der Waals surface area contributed by atoms with Crippen molar-refractivity contribution in [2.24, 2.45) is 0 Å². The highest BCUT2D eigenvalue weighted by Gasteiger charge is 2.11. The van der Waals surface area contributed by atoms with Crippen LogP contribution in [0.25, 0.3) is 34.5 Å². The van der Waals surface area contributed by atoms with Crippen molar-refractivity contribution in [2.45, 2.75) is 20.1 Å². The number of halogens is 3. The molecular weight excluding hydrogens is 574 g/mol. The van der Waals surface area contributed by atoms with Gasteiger partial charge in [-0.1, -0.05) is 53.5 Å². The van der Waals surface area contributed by atoms with E-state index in [1.807, 2.05) is 60.2 Å². The van der Waals surface area contributed by atoms with Crippen LogP contribution >= 0.6 is 23.2 Å². The van der Waals surface area contributed by atoms with Crippen LogP contribution in [0.3, 0.4) is 0 Å². The van der Waals surface area contributed by atoms with E-state index in [2.05, 4.69) is 0 Å². The SMILES string of the molecule is CCn1cc(-c2ccc(Cl)cc2Cl)nc1C=Cc1cc(-c2ccc(OCc3ccc(C(=O)OC)cc3)cc2)ccc1F. The number of hydrogen-bond acceptors (Lipinski definition) is 4. The molecule has 42 heavy (non-hydrogen) atoms. The normalized spacial score (nSPS) is 11.2. The smallest absolute Gasteiger partial charge is 0.337 e. The summed E-state index contributed by atoms with van der Waals surface area (Å²) in [5, 5.41) is 1.07. The second kappa shape index (κ2) is 13.1. The Morgan fingerprint density at radius 2 is 1.67 bits per heavy atom. The number of benzene rings is 4. The van der Waals surface area contributed by atoms with Gasteiger partial charge in [-0.25, -0.2) is 14.2 Å². The summed E-state index contributed by atoms with van der Waals surface area (Å²) >= 11 is 12.4. The van der Waals surface area contributed by atoms with Crippen LogP contribution in [0.15, 0.2) is 91.1 Å². The Balaban J connectivity index is 1.29. The molecule has 0 radical (unpaired) electrons. The van der Waals surface area contributed by atoms with Crippen molar-refractivity contribution < 1.29 is 18.7 Å². The van der Waals surface area contributed by atoms with Crippen molar-refractivity contribution in [3.05, 3.63) is 130 Å². The maximum atomic E-state index is 14.8. The molecule has 0 saturated carbocycles. The number of nitrogens with zero attached hydrogens (tertiary/aromatic N) is 2. The lowest BCUT2D eigenvalue weighted by molar-refractivity contribution is 0.0600. The first-order valence-electron chi connectivity index (χ1n) is 13.3. The van der Waals surface area contributed by atoms with Crippen LogP contribution < -0.4 is 4.74 Å². The van der Waals surface area contributed by atoms with Crippen molar-refractivity contribution >= 4 is 41.3 Å². The Morgan fingerprint density at radius 1 is 0.929 bits per heavy atom. The van der Waals surface area contributed by atoms with Gasteiger partial charge in [-0.15, -0.1) is 0 Å². The molecule has 5 rings (SSSR count). The first-order chi connectivity index (χ1) is 20.3. The third kappa shape index (κ3) is 6.73. The third-order valence-corrected chi connectivity index (χ3v) is 7.28. The fourth-order valence-corrected chi connectivity index (χ4v) is 4.93. The largest absolute Gasteiger partial charge is 0.489 e. The minimum absolute atomic E-state index is 0.330. The predicted octanol–water partition coefficient (Wildman–Crippen LogP) is 9.22. The Kier molecular flexibility index (Phi) is 9.06.